The SMILES string of the molecule is CN=C(NCc1cccc(Cn2ccnc2C)c1)NCc1cc(OC)ccc1OC(F)F.I. The number of guanidine groups is 1. The van der Waals surface area contributed by atoms with Gasteiger partial charge in [-0.1, -0.05) is 24.3 Å². The molecule has 0 saturated heterocycles. The number of hydrogen-bond acceptors (Lipinski definition) is 4. The Balaban J connectivity index is 0.00000385. The Kier molecular flexibility index (Phi) is 10.4. The predicted octanol–water partition coefficient (Wildman–Crippen LogP) is 4.33. The lowest BCUT2D eigenvalue weighted by Gasteiger charge is -2.16. The summed E-state index contributed by atoms with van der Waals surface area (Å²) in [7, 11) is 3.17. The summed E-state index contributed by atoms with van der Waals surface area (Å²) in [4.78, 5) is 8.46. The number of nitrogens with one attached hydrogen (secondary N) is 2. The van der Waals surface area contributed by atoms with Crippen molar-refractivity contribution in [1.82, 2.24) is 20.2 Å². The van der Waals surface area contributed by atoms with Crippen molar-refractivity contribution in [1.29, 1.82) is 0 Å². The first-order chi connectivity index (χ1) is 15.5. The first kappa shape index (κ1) is 26.4. The lowest BCUT2D eigenvalue weighted by molar-refractivity contribution is -0.0505. The molecular weight excluding hydrogens is 543 g/mol. The van der Waals surface area contributed by atoms with Gasteiger partial charge in [-0.05, 0) is 36.2 Å². The van der Waals surface area contributed by atoms with E-state index in [1.807, 2.05) is 25.3 Å². The molecular formula is C23H28F2IN5O2. The summed E-state index contributed by atoms with van der Waals surface area (Å²) in [5.74, 6) is 2.14. The van der Waals surface area contributed by atoms with Gasteiger partial charge in [0.05, 0.1) is 7.11 Å². The lowest BCUT2D eigenvalue weighted by Crippen LogP contribution is -2.36. The summed E-state index contributed by atoms with van der Waals surface area (Å²) in [6.45, 7) is 0.600. The molecule has 0 amide bonds. The van der Waals surface area contributed by atoms with Gasteiger partial charge in [-0.3, -0.25) is 4.99 Å². The summed E-state index contributed by atoms with van der Waals surface area (Å²) in [6.07, 6.45) is 3.74. The van der Waals surface area contributed by atoms with Crippen molar-refractivity contribution in [3.05, 3.63) is 77.4 Å². The predicted molar refractivity (Wildman–Crippen MR) is 135 cm³/mol. The van der Waals surface area contributed by atoms with Gasteiger partial charge in [-0.15, -0.1) is 24.0 Å². The zero-order valence-corrected chi connectivity index (χ0v) is 21.0. The minimum Gasteiger partial charge on any atom is -0.497 e. The van der Waals surface area contributed by atoms with Crippen molar-refractivity contribution < 1.29 is 18.3 Å². The fourth-order valence-corrected chi connectivity index (χ4v) is 3.22. The van der Waals surface area contributed by atoms with Crippen LogP contribution in [0.1, 0.15) is 22.5 Å². The van der Waals surface area contributed by atoms with E-state index in [0.29, 0.717) is 23.8 Å². The highest BCUT2D eigenvalue weighted by Gasteiger charge is 2.12. The fraction of sp³-hybridized carbons (Fsp3) is 0.304. The smallest absolute Gasteiger partial charge is 0.387 e. The molecule has 7 nitrogen and oxygen atoms in total. The molecule has 1 heterocycles. The number of rotatable bonds is 9. The number of aliphatic imine (C=N–C) groups is 1. The summed E-state index contributed by atoms with van der Waals surface area (Å²) in [6, 6.07) is 12.9. The third-order valence-corrected chi connectivity index (χ3v) is 4.88. The van der Waals surface area contributed by atoms with E-state index in [-0.39, 0.29) is 36.3 Å². The van der Waals surface area contributed by atoms with Crippen LogP contribution in [0, 0.1) is 6.92 Å². The van der Waals surface area contributed by atoms with Crippen molar-refractivity contribution >= 4 is 29.9 Å². The molecule has 0 unspecified atom stereocenters. The number of alkyl halides is 2. The highest BCUT2D eigenvalue weighted by molar-refractivity contribution is 14.0. The van der Waals surface area contributed by atoms with Crippen LogP contribution in [-0.4, -0.2) is 36.3 Å². The highest BCUT2D eigenvalue weighted by atomic mass is 127. The molecule has 0 fully saturated rings. The largest absolute Gasteiger partial charge is 0.497 e. The molecule has 0 saturated carbocycles. The number of imidazole rings is 1. The molecule has 33 heavy (non-hydrogen) atoms. The molecule has 0 aliphatic heterocycles. The molecule has 0 atom stereocenters. The second kappa shape index (κ2) is 13.0. The maximum absolute atomic E-state index is 12.7. The molecule has 2 N–H and O–H groups in total. The van der Waals surface area contributed by atoms with E-state index in [2.05, 4.69) is 42.0 Å². The van der Waals surface area contributed by atoms with Gasteiger partial charge in [0.15, 0.2) is 5.96 Å². The fourth-order valence-electron chi connectivity index (χ4n) is 3.22. The minimum atomic E-state index is -2.90. The Morgan fingerprint density at radius 2 is 1.88 bits per heavy atom. The third-order valence-electron chi connectivity index (χ3n) is 4.88. The van der Waals surface area contributed by atoms with E-state index in [4.69, 9.17) is 4.74 Å². The molecule has 2 aromatic carbocycles. The zero-order chi connectivity index (χ0) is 22.9. The number of nitrogens with zero attached hydrogens (tertiary/aromatic N) is 3. The normalized spacial score (nSPS) is 11.2. The number of hydrogen-bond donors (Lipinski definition) is 2. The van der Waals surface area contributed by atoms with Gasteiger partial charge >= 0.3 is 6.61 Å². The van der Waals surface area contributed by atoms with Gasteiger partial charge in [0.25, 0.3) is 0 Å². The summed E-state index contributed by atoms with van der Waals surface area (Å²) < 4.78 is 37.3. The number of aryl methyl sites for hydroxylation is 1. The maximum Gasteiger partial charge on any atom is 0.387 e. The van der Waals surface area contributed by atoms with Gasteiger partial charge in [0, 0.05) is 44.6 Å². The van der Waals surface area contributed by atoms with Gasteiger partial charge in [-0.25, -0.2) is 4.98 Å². The Morgan fingerprint density at radius 1 is 1.12 bits per heavy atom. The lowest BCUT2D eigenvalue weighted by atomic mass is 10.1. The third kappa shape index (κ3) is 7.88. The van der Waals surface area contributed by atoms with E-state index < -0.39 is 6.61 Å². The van der Waals surface area contributed by atoms with Crippen molar-refractivity contribution in [2.24, 2.45) is 4.99 Å². The quantitative estimate of drug-likeness (QED) is 0.227. The summed E-state index contributed by atoms with van der Waals surface area (Å²) in [5.41, 5.74) is 2.79. The number of ether oxygens (including phenoxy) is 2. The molecule has 10 heteroatoms. The van der Waals surface area contributed by atoms with Crippen LogP contribution < -0.4 is 20.1 Å². The van der Waals surface area contributed by atoms with E-state index in [0.717, 1.165) is 17.9 Å². The van der Waals surface area contributed by atoms with Crippen LogP contribution >= 0.6 is 24.0 Å². The minimum absolute atomic E-state index is 0. The van der Waals surface area contributed by atoms with Crippen LogP contribution in [0.2, 0.25) is 0 Å². The molecule has 0 spiro atoms. The molecule has 3 rings (SSSR count). The standard InChI is InChI=1S/C23H27F2N5O2.HI/c1-16-27-9-10-30(16)15-18-6-4-5-17(11-18)13-28-23(26-2)29-14-19-12-20(31-3)7-8-21(19)32-22(24)25;/h4-12,22H,13-15H2,1-3H3,(H2,26,28,29);1H. The highest BCUT2D eigenvalue weighted by Crippen LogP contribution is 2.25. The Hall–Kier alpha value is -2.89. The van der Waals surface area contributed by atoms with Gasteiger partial charge < -0.3 is 24.7 Å². The van der Waals surface area contributed by atoms with Gasteiger partial charge in [0.1, 0.15) is 17.3 Å². The number of aromatic nitrogens is 2. The van der Waals surface area contributed by atoms with Gasteiger partial charge in [0.2, 0.25) is 0 Å². The van der Waals surface area contributed by atoms with Crippen LogP contribution in [0.3, 0.4) is 0 Å². The number of halogens is 3. The van der Waals surface area contributed by atoms with E-state index >= 15 is 0 Å². The molecule has 0 radical (unpaired) electrons. The first-order valence-corrected chi connectivity index (χ1v) is 10.1. The average Bonchev–Trinajstić information content (AvgIpc) is 3.19. The second-order valence-corrected chi connectivity index (χ2v) is 7.05. The zero-order valence-electron chi connectivity index (χ0n) is 18.7. The van der Waals surface area contributed by atoms with Crippen LogP contribution in [0.5, 0.6) is 11.5 Å². The van der Waals surface area contributed by atoms with Crippen molar-refractivity contribution in [2.75, 3.05) is 14.2 Å². The molecule has 0 bridgehead atoms. The average molecular weight is 571 g/mol. The molecule has 1 aromatic heterocycles. The van der Waals surface area contributed by atoms with E-state index in [1.165, 1.54) is 18.7 Å². The molecule has 0 aliphatic rings. The summed E-state index contributed by atoms with van der Waals surface area (Å²) in [5, 5.41) is 6.37. The van der Waals surface area contributed by atoms with Crippen LogP contribution in [-0.2, 0) is 19.6 Å². The monoisotopic (exact) mass is 571 g/mol. The van der Waals surface area contributed by atoms with Crippen LogP contribution in [0.15, 0.2) is 59.9 Å². The van der Waals surface area contributed by atoms with Crippen molar-refractivity contribution in [2.45, 2.75) is 33.2 Å². The van der Waals surface area contributed by atoms with Crippen molar-refractivity contribution in [3.63, 3.8) is 0 Å². The Morgan fingerprint density at radius 3 is 2.55 bits per heavy atom. The van der Waals surface area contributed by atoms with E-state index in [1.54, 1.807) is 25.4 Å². The number of benzene rings is 2. The number of methoxy groups -OCH3 is 1. The van der Waals surface area contributed by atoms with Crippen LogP contribution in [0.4, 0.5) is 8.78 Å². The molecule has 3 aromatic rings. The first-order valence-electron chi connectivity index (χ1n) is 10.1. The van der Waals surface area contributed by atoms with E-state index in [9.17, 15) is 8.78 Å². The molecule has 0 aliphatic carbocycles. The van der Waals surface area contributed by atoms with Crippen molar-refractivity contribution in [3.8, 4) is 11.5 Å². The second-order valence-electron chi connectivity index (χ2n) is 7.05. The van der Waals surface area contributed by atoms with Crippen LogP contribution in [0.25, 0.3) is 0 Å². The van der Waals surface area contributed by atoms with Gasteiger partial charge in [-0.2, -0.15) is 8.78 Å². The topological polar surface area (TPSA) is 72.7 Å². The molecule has 178 valence electrons. The maximum atomic E-state index is 12.7. The Bertz CT molecular complexity index is 1060. The Labute approximate surface area is 209 Å². The summed E-state index contributed by atoms with van der Waals surface area (Å²) >= 11 is 0.